The first kappa shape index (κ1) is 19.8. The van der Waals surface area contributed by atoms with E-state index in [9.17, 15) is 4.79 Å². The van der Waals surface area contributed by atoms with Gasteiger partial charge in [-0.25, -0.2) is 4.98 Å². The number of amides is 1. The Balaban J connectivity index is 1.53. The highest BCUT2D eigenvalue weighted by Crippen LogP contribution is 2.37. The van der Waals surface area contributed by atoms with Gasteiger partial charge < -0.3 is 14.5 Å². The van der Waals surface area contributed by atoms with Gasteiger partial charge in [-0.3, -0.25) is 9.79 Å². The van der Waals surface area contributed by atoms with Crippen molar-refractivity contribution in [3.63, 3.8) is 0 Å². The zero-order chi connectivity index (χ0) is 21.3. The molecule has 1 aliphatic rings. The van der Waals surface area contributed by atoms with Crippen LogP contribution >= 0.6 is 0 Å². The van der Waals surface area contributed by atoms with Gasteiger partial charge in [-0.1, -0.05) is 12.1 Å². The number of aromatic nitrogens is 5. The Labute approximate surface area is 175 Å². The van der Waals surface area contributed by atoms with Gasteiger partial charge in [-0.05, 0) is 50.5 Å². The number of hydrogen-bond donors (Lipinski definition) is 1. The number of imidazole rings is 1. The molecule has 0 bridgehead atoms. The maximum Gasteiger partial charge on any atom is 0.273 e. The van der Waals surface area contributed by atoms with Crippen LogP contribution < -0.4 is 5.32 Å². The van der Waals surface area contributed by atoms with Gasteiger partial charge in [0.25, 0.3) is 5.91 Å². The summed E-state index contributed by atoms with van der Waals surface area (Å²) >= 11 is 0. The van der Waals surface area contributed by atoms with Gasteiger partial charge in [0.05, 0.1) is 11.9 Å². The highest BCUT2D eigenvalue weighted by molar-refractivity contribution is 6.48. The molecule has 1 saturated carbocycles. The molecule has 154 valence electrons. The van der Waals surface area contributed by atoms with E-state index in [4.69, 9.17) is 0 Å². The molecule has 2 aromatic heterocycles. The third kappa shape index (κ3) is 3.94. The molecule has 1 N–H and O–H groups in total. The smallest absolute Gasteiger partial charge is 0.273 e. The van der Waals surface area contributed by atoms with Gasteiger partial charge in [0.2, 0.25) is 0 Å². The fraction of sp³-hybridized carbons (Fsp3) is 0.318. The van der Waals surface area contributed by atoms with Gasteiger partial charge in [-0.2, -0.15) is 0 Å². The van der Waals surface area contributed by atoms with Crippen LogP contribution in [0.15, 0.2) is 47.9 Å². The van der Waals surface area contributed by atoms with E-state index in [2.05, 4.69) is 30.1 Å². The molecule has 2 heterocycles. The Morgan fingerprint density at radius 3 is 2.80 bits per heavy atom. The van der Waals surface area contributed by atoms with Crippen molar-refractivity contribution < 1.29 is 4.79 Å². The molecule has 0 aliphatic heterocycles. The van der Waals surface area contributed by atoms with Crippen LogP contribution in [0.5, 0.6) is 0 Å². The molecule has 8 nitrogen and oxygen atoms in total. The average molecular weight is 403 g/mol. The average Bonchev–Trinajstić information content (AvgIpc) is 3.37. The number of anilines is 1. The lowest BCUT2D eigenvalue weighted by molar-refractivity contribution is -0.110. The number of benzene rings is 1. The first-order valence-corrected chi connectivity index (χ1v) is 9.93. The summed E-state index contributed by atoms with van der Waals surface area (Å²) in [6.45, 7) is 3.88. The van der Waals surface area contributed by atoms with Crippen LogP contribution in [0, 0.1) is 6.92 Å². The summed E-state index contributed by atoms with van der Waals surface area (Å²) in [5, 5.41) is 11.3. The van der Waals surface area contributed by atoms with Crippen LogP contribution in [0.3, 0.4) is 0 Å². The third-order valence-corrected chi connectivity index (χ3v) is 5.34. The molecule has 1 aromatic carbocycles. The zero-order valence-electron chi connectivity index (χ0n) is 17.6. The molecule has 30 heavy (non-hydrogen) atoms. The number of allylic oxidation sites excluding steroid dienone is 1. The van der Waals surface area contributed by atoms with Crippen LogP contribution in [-0.4, -0.2) is 43.0 Å². The Kier molecular flexibility index (Phi) is 5.31. The van der Waals surface area contributed by atoms with Crippen molar-refractivity contribution in [3.05, 3.63) is 54.4 Å². The first-order chi connectivity index (χ1) is 14.5. The van der Waals surface area contributed by atoms with Crippen molar-refractivity contribution in [3.8, 4) is 11.4 Å². The van der Waals surface area contributed by atoms with Crippen molar-refractivity contribution in [1.29, 1.82) is 0 Å². The third-order valence-electron chi connectivity index (χ3n) is 5.34. The molecule has 0 spiro atoms. The molecular formula is C22H25N7O. The Morgan fingerprint density at radius 1 is 1.33 bits per heavy atom. The highest BCUT2D eigenvalue weighted by Gasteiger charge is 2.26. The normalized spacial score (nSPS) is 14.8. The lowest BCUT2D eigenvalue weighted by Gasteiger charge is -2.09. The van der Waals surface area contributed by atoms with Gasteiger partial charge >= 0.3 is 0 Å². The Morgan fingerprint density at radius 2 is 2.13 bits per heavy atom. The van der Waals surface area contributed by atoms with Crippen molar-refractivity contribution in [1.82, 2.24) is 24.3 Å². The monoisotopic (exact) mass is 403 g/mol. The largest absolute Gasteiger partial charge is 0.332 e. The standard InChI is InChI=1S/C22H25N7O/c1-14(20-12-24-15(2)28(20)4)10-19(23-3)22(30)26-17-7-5-6-16(11-17)21-27-25-13-29(21)18-8-9-18/h5-7,10-13,18H,8-9H2,1-4H3,(H,26,30)/b14-10+,23-19?. The second-order valence-corrected chi connectivity index (χ2v) is 7.51. The molecular weight excluding hydrogens is 378 g/mol. The summed E-state index contributed by atoms with van der Waals surface area (Å²) in [7, 11) is 3.56. The minimum atomic E-state index is -0.267. The molecule has 0 saturated heterocycles. The van der Waals surface area contributed by atoms with E-state index in [1.54, 1.807) is 25.6 Å². The fourth-order valence-corrected chi connectivity index (χ4v) is 3.38. The maximum atomic E-state index is 12.8. The zero-order valence-corrected chi connectivity index (χ0v) is 17.6. The summed E-state index contributed by atoms with van der Waals surface area (Å²) in [6, 6.07) is 8.13. The Hall–Kier alpha value is -3.55. The summed E-state index contributed by atoms with van der Waals surface area (Å²) in [4.78, 5) is 21.3. The molecule has 4 rings (SSSR count). The van der Waals surface area contributed by atoms with Crippen LogP contribution in [0.2, 0.25) is 0 Å². The SMILES string of the molecule is CN=C(/C=C(\C)c1cnc(C)n1C)C(=O)Nc1cccc(-c2nncn2C2CC2)c1. The number of aliphatic imine (C=N–C) groups is 1. The summed E-state index contributed by atoms with van der Waals surface area (Å²) < 4.78 is 4.08. The summed E-state index contributed by atoms with van der Waals surface area (Å²) in [5.74, 6) is 1.46. The highest BCUT2D eigenvalue weighted by atomic mass is 16.1. The van der Waals surface area contributed by atoms with Crippen LogP contribution in [0.1, 0.15) is 37.3 Å². The van der Waals surface area contributed by atoms with Crippen molar-refractivity contribution in [2.75, 3.05) is 12.4 Å². The van der Waals surface area contributed by atoms with E-state index in [1.807, 2.05) is 49.7 Å². The second kappa shape index (κ2) is 8.06. The van der Waals surface area contributed by atoms with Crippen molar-refractivity contribution >= 4 is 22.9 Å². The predicted molar refractivity (Wildman–Crippen MR) is 117 cm³/mol. The van der Waals surface area contributed by atoms with Gasteiger partial charge in [0.1, 0.15) is 17.9 Å². The summed E-state index contributed by atoms with van der Waals surface area (Å²) in [5.41, 5.74) is 3.82. The van der Waals surface area contributed by atoms with Crippen molar-refractivity contribution in [2.45, 2.75) is 32.7 Å². The molecule has 0 radical (unpaired) electrons. The van der Waals surface area contributed by atoms with Gasteiger partial charge in [0, 0.05) is 31.4 Å². The van der Waals surface area contributed by atoms with E-state index in [1.165, 1.54) is 0 Å². The summed E-state index contributed by atoms with van der Waals surface area (Å²) in [6.07, 6.45) is 7.65. The van der Waals surface area contributed by atoms with E-state index in [0.29, 0.717) is 17.4 Å². The lowest BCUT2D eigenvalue weighted by atomic mass is 10.1. The van der Waals surface area contributed by atoms with Gasteiger partial charge in [-0.15, -0.1) is 10.2 Å². The molecule has 3 aromatic rings. The molecule has 8 heteroatoms. The van der Waals surface area contributed by atoms with Crippen molar-refractivity contribution in [2.24, 2.45) is 12.0 Å². The molecule has 0 unspecified atom stereocenters. The number of nitrogens with one attached hydrogen (secondary N) is 1. The fourth-order valence-electron chi connectivity index (χ4n) is 3.38. The predicted octanol–water partition coefficient (Wildman–Crippen LogP) is 3.43. The van der Waals surface area contributed by atoms with E-state index in [-0.39, 0.29) is 5.91 Å². The van der Waals surface area contributed by atoms with E-state index >= 15 is 0 Å². The van der Waals surface area contributed by atoms with E-state index < -0.39 is 0 Å². The van der Waals surface area contributed by atoms with E-state index in [0.717, 1.165) is 41.3 Å². The number of hydrogen-bond acceptors (Lipinski definition) is 5. The lowest BCUT2D eigenvalue weighted by Crippen LogP contribution is -2.21. The molecule has 0 atom stereocenters. The van der Waals surface area contributed by atoms with Crippen LogP contribution in [0.25, 0.3) is 17.0 Å². The number of carbonyl (C=O) groups excluding carboxylic acids is 1. The second-order valence-electron chi connectivity index (χ2n) is 7.51. The molecule has 1 amide bonds. The number of nitrogens with zero attached hydrogens (tertiary/aromatic N) is 6. The topological polar surface area (TPSA) is 90.0 Å². The quantitative estimate of drug-likeness (QED) is 0.639. The van der Waals surface area contributed by atoms with Crippen LogP contribution in [0.4, 0.5) is 5.69 Å². The number of rotatable bonds is 6. The van der Waals surface area contributed by atoms with Gasteiger partial charge in [0.15, 0.2) is 5.82 Å². The molecule has 1 aliphatic carbocycles. The first-order valence-electron chi connectivity index (χ1n) is 9.93. The number of aryl methyl sites for hydroxylation is 1. The Bertz CT molecular complexity index is 1150. The minimum Gasteiger partial charge on any atom is -0.332 e. The molecule has 1 fully saturated rings. The maximum absolute atomic E-state index is 12.8. The minimum absolute atomic E-state index is 0.267. The number of carbonyl (C=O) groups is 1. The van der Waals surface area contributed by atoms with Crippen LogP contribution in [-0.2, 0) is 11.8 Å².